The maximum absolute atomic E-state index is 11.0. The molecule has 84 valence electrons. The Morgan fingerprint density at radius 3 is 2.81 bits per heavy atom. The molecule has 0 aliphatic carbocycles. The molecule has 0 bridgehead atoms. The van der Waals surface area contributed by atoms with Gasteiger partial charge in [0.15, 0.2) is 0 Å². The van der Waals surface area contributed by atoms with Crippen molar-refractivity contribution >= 4 is 5.97 Å². The number of hydrogen-bond donors (Lipinski definition) is 1. The van der Waals surface area contributed by atoms with Gasteiger partial charge >= 0.3 is 5.97 Å². The largest absolute Gasteiger partial charge is 0.478 e. The molecule has 0 atom stereocenters. The number of aromatic nitrogens is 1. The van der Waals surface area contributed by atoms with Crippen LogP contribution in [0, 0.1) is 6.92 Å². The van der Waals surface area contributed by atoms with Crippen LogP contribution in [0.15, 0.2) is 28.9 Å². The van der Waals surface area contributed by atoms with Crippen LogP contribution in [0.5, 0.6) is 0 Å². The van der Waals surface area contributed by atoms with Crippen LogP contribution >= 0.6 is 0 Å². The first-order chi connectivity index (χ1) is 7.65. The molecule has 0 saturated heterocycles. The molecule has 16 heavy (non-hydrogen) atoms. The molecule has 0 saturated carbocycles. The van der Waals surface area contributed by atoms with E-state index in [9.17, 15) is 4.79 Å². The Hall–Kier alpha value is -1.97. The molecule has 2 heterocycles. The van der Waals surface area contributed by atoms with E-state index < -0.39 is 5.97 Å². The van der Waals surface area contributed by atoms with Gasteiger partial charge in [-0.15, -0.1) is 0 Å². The maximum atomic E-state index is 11.0. The van der Waals surface area contributed by atoms with Crippen LogP contribution in [0.1, 0.15) is 23.0 Å². The SMILES string of the molecule is CCn1c(-c2ccco2)cc(C(=O)O)c1C. The van der Waals surface area contributed by atoms with Crippen LogP contribution in [-0.4, -0.2) is 15.6 Å². The van der Waals surface area contributed by atoms with Crippen LogP contribution in [-0.2, 0) is 6.54 Å². The first-order valence-corrected chi connectivity index (χ1v) is 5.12. The van der Waals surface area contributed by atoms with Gasteiger partial charge in [0.2, 0.25) is 0 Å². The van der Waals surface area contributed by atoms with Gasteiger partial charge in [-0.3, -0.25) is 0 Å². The number of carboxylic acids is 1. The summed E-state index contributed by atoms with van der Waals surface area (Å²) in [4.78, 5) is 11.0. The molecule has 4 heteroatoms. The summed E-state index contributed by atoms with van der Waals surface area (Å²) >= 11 is 0. The topological polar surface area (TPSA) is 55.4 Å². The van der Waals surface area contributed by atoms with Gasteiger partial charge in [0.1, 0.15) is 5.76 Å². The van der Waals surface area contributed by atoms with Crippen molar-refractivity contribution in [3.05, 3.63) is 35.7 Å². The van der Waals surface area contributed by atoms with Crippen molar-refractivity contribution in [3.63, 3.8) is 0 Å². The average molecular weight is 219 g/mol. The Labute approximate surface area is 93.1 Å². The third-order valence-corrected chi connectivity index (χ3v) is 2.69. The Bertz CT molecular complexity index is 509. The van der Waals surface area contributed by atoms with Crippen molar-refractivity contribution in [3.8, 4) is 11.5 Å². The lowest BCUT2D eigenvalue weighted by Gasteiger charge is -2.06. The summed E-state index contributed by atoms with van der Waals surface area (Å²) < 4.78 is 7.23. The third-order valence-electron chi connectivity index (χ3n) is 2.69. The highest BCUT2D eigenvalue weighted by molar-refractivity contribution is 5.90. The third kappa shape index (κ3) is 1.52. The summed E-state index contributed by atoms with van der Waals surface area (Å²) in [6.45, 7) is 4.50. The Morgan fingerprint density at radius 2 is 2.31 bits per heavy atom. The van der Waals surface area contributed by atoms with Crippen molar-refractivity contribution in [2.45, 2.75) is 20.4 Å². The van der Waals surface area contributed by atoms with Gasteiger partial charge in [0.05, 0.1) is 17.5 Å². The quantitative estimate of drug-likeness (QED) is 0.863. The minimum atomic E-state index is -0.905. The standard InChI is InChI=1S/C12H13NO3/c1-3-13-8(2)9(12(14)15)7-10(13)11-5-4-6-16-11/h4-7H,3H2,1-2H3,(H,14,15). The lowest BCUT2D eigenvalue weighted by atomic mass is 10.2. The Balaban J connectivity index is 2.62. The van der Waals surface area contributed by atoms with Gasteiger partial charge in [-0.1, -0.05) is 0 Å². The molecule has 2 aromatic heterocycles. The highest BCUT2D eigenvalue weighted by Gasteiger charge is 2.17. The van der Waals surface area contributed by atoms with E-state index in [2.05, 4.69) is 0 Å². The number of aromatic carboxylic acids is 1. The summed E-state index contributed by atoms with van der Waals surface area (Å²) in [6.07, 6.45) is 1.58. The molecule has 0 aliphatic heterocycles. The number of rotatable bonds is 3. The molecule has 2 aromatic rings. The van der Waals surface area contributed by atoms with Crippen LogP contribution in [0.25, 0.3) is 11.5 Å². The van der Waals surface area contributed by atoms with Crippen molar-refractivity contribution < 1.29 is 14.3 Å². The highest BCUT2D eigenvalue weighted by Crippen LogP contribution is 2.26. The first kappa shape index (κ1) is 10.5. The minimum Gasteiger partial charge on any atom is -0.478 e. The van der Waals surface area contributed by atoms with E-state index in [1.807, 2.05) is 17.6 Å². The van der Waals surface area contributed by atoms with Gasteiger partial charge in [0, 0.05) is 12.2 Å². The molecule has 0 aromatic carbocycles. The molecule has 0 unspecified atom stereocenters. The van der Waals surface area contributed by atoms with Gasteiger partial charge < -0.3 is 14.1 Å². The summed E-state index contributed by atoms with van der Waals surface area (Å²) in [5.41, 5.74) is 1.89. The molecule has 2 rings (SSSR count). The summed E-state index contributed by atoms with van der Waals surface area (Å²) in [6, 6.07) is 5.27. The second kappa shape index (κ2) is 3.89. The smallest absolute Gasteiger partial charge is 0.337 e. The van der Waals surface area contributed by atoms with Gasteiger partial charge in [0.25, 0.3) is 0 Å². The summed E-state index contributed by atoms with van der Waals surface area (Å²) in [7, 11) is 0. The monoisotopic (exact) mass is 219 g/mol. The van der Waals surface area contributed by atoms with Crippen LogP contribution in [0.2, 0.25) is 0 Å². The number of hydrogen-bond acceptors (Lipinski definition) is 2. The van der Waals surface area contributed by atoms with E-state index in [1.54, 1.807) is 25.3 Å². The summed E-state index contributed by atoms with van der Waals surface area (Å²) in [5, 5.41) is 9.05. The lowest BCUT2D eigenvalue weighted by molar-refractivity contribution is 0.0696. The fraction of sp³-hybridized carbons (Fsp3) is 0.250. The molecular formula is C12H13NO3. The minimum absolute atomic E-state index is 0.327. The lowest BCUT2D eigenvalue weighted by Crippen LogP contribution is -2.02. The molecule has 0 aliphatic rings. The van der Waals surface area contributed by atoms with E-state index in [0.717, 1.165) is 17.9 Å². The van der Waals surface area contributed by atoms with E-state index in [4.69, 9.17) is 9.52 Å². The molecule has 1 N–H and O–H groups in total. The molecule has 0 radical (unpaired) electrons. The zero-order valence-electron chi connectivity index (χ0n) is 9.23. The predicted octanol–water partition coefficient (Wildman–Crippen LogP) is 2.77. The van der Waals surface area contributed by atoms with Gasteiger partial charge in [-0.2, -0.15) is 0 Å². The van der Waals surface area contributed by atoms with Gasteiger partial charge in [-0.05, 0) is 32.0 Å². The second-order valence-corrected chi connectivity index (χ2v) is 3.56. The fourth-order valence-corrected chi connectivity index (χ4v) is 1.90. The zero-order valence-corrected chi connectivity index (χ0v) is 9.23. The molecular weight excluding hydrogens is 206 g/mol. The Kier molecular flexibility index (Phi) is 2.56. The van der Waals surface area contributed by atoms with Crippen molar-refractivity contribution in [2.24, 2.45) is 0 Å². The second-order valence-electron chi connectivity index (χ2n) is 3.56. The van der Waals surface area contributed by atoms with Crippen LogP contribution in [0.3, 0.4) is 0 Å². The number of carbonyl (C=O) groups is 1. The van der Waals surface area contributed by atoms with Crippen LogP contribution < -0.4 is 0 Å². The van der Waals surface area contributed by atoms with E-state index in [-0.39, 0.29) is 0 Å². The molecule has 0 fully saturated rings. The van der Waals surface area contributed by atoms with Crippen molar-refractivity contribution in [1.29, 1.82) is 0 Å². The average Bonchev–Trinajstić information content (AvgIpc) is 2.83. The number of furan rings is 1. The Morgan fingerprint density at radius 1 is 1.56 bits per heavy atom. The maximum Gasteiger partial charge on any atom is 0.337 e. The number of nitrogens with zero attached hydrogens (tertiary/aromatic N) is 1. The highest BCUT2D eigenvalue weighted by atomic mass is 16.4. The fourth-order valence-electron chi connectivity index (χ4n) is 1.90. The van der Waals surface area contributed by atoms with E-state index >= 15 is 0 Å². The molecule has 0 spiro atoms. The van der Waals surface area contributed by atoms with Crippen LogP contribution in [0.4, 0.5) is 0 Å². The molecule has 4 nitrogen and oxygen atoms in total. The normalized spacial score (nSPS) is 10.6. The van der Waals surface area contributed by atoms with E-state index in [1.165, 1.54) is 0 Å². The van der Waals surface area contributed by atoms with Crippen molar-refractivity contribution in [1.82, 2.24) is 4.57 Å². The predicted molar refractivity (Wildman–Crippen MR) is 59.5 cm³/mol. The molecule has 0 amide bonds. The zero-order chi connectivity index (χ0) is 11.7. The number of carboxylic acid groups (broad SMARTS) is 1. The first-order valence-electron chi connectivity index (χ1n) is 5.12. The van der Waals surface area contributed by atoms with E-state index in [0.29, 0.717) is 11.3 Å². The van der Waals surface area contributed by atoms with Gasteiger partial charge in [-0.25, -0.2) is 4.79 Å². The summed E-state index contributed by atoms with van der Waals surface area (Å²) in [5.74, 6) is -0.213. The van der Waals surface area contributed by atoms with Crippen molar-refractivity contribution in [2.75, 3.05) is 0 Å².